The Labute approximate surface area is 99.1 Å². The average Bonchev–Trinajstić information content (AvgIpc) is 2.67. The molecule has 2 aromatic rings. The van der Waals surface area contributed by atoms with E-state index in [0.29, 0.717) is 5.56 Å². The molecule has 0 saturated carbocycles. The van der Waals surface area contributed by atoms with Gasteiger partial charge in [0.15, 0.2) is 0 Å². The lowest BCUT2D eigenvalue weighted by Crippen LogP contribution is -2.01. The monoisotopic (exact) mass is 231 g/mol. The smallest absolute Gasteiger partial charge is 0.337 e. The highest BCUT2D eigenvalue weighted by Gasteiger charge is 2.11. The number of aromatic nitrogens is 3. The quantitative estimate of drug-likeness (QED) is 0.736. The third kappa shape index (κ3) is 2.18. The lowest BCUT2D eigenvalue weighted by atomic mass is 10.1. The summed E-state index contributed by atoms with van der Waals surface area (Å²) in [7, 11) is 3.21. The first kappa shape index (κ1) is 11.3. The second-order valence-corrected chi connectivity index (χ2v) is 3.72. The minimum absolute atomic E-state index is 0.366. The Hall–Kier alpha value is -2.17. The SMILES string of the molecule is COC(=O)c1ccnc(-c2cn(C)nc2C)c1. The van der Waals surface area contributed by atoms with Gasteiger partial charge in [-0.15, -0.1) is 0 Å². The van der Waals surface area contributed by atoms with Crippen LogP contribution >= 0.6 is 0 Å². The standard InChI is InChI=1S/C12H13N3O2/c1-8-10(7-15(2)14-8)11-6-9(4-5-13-11)12(16)17-3/h4-7H,1-3H3. The summed E-state index contributed by atoms with van der Waals surface area (Å²) in [6, 6.07) is 3.33. The number of hydrogen-bond acceptors (Lipinski definition) is 4. The van der Waals surface area contributed by atoms with Crippen molar-refractivity contribution in [1.29, 1.82) is 0 Å². The molecule has 5 heteroatoms. The molecule has 0 aliphatic carbocycles. The Balaban J connectivity index is 2.46. The van der Waals surface area contributed by atoms with Crippen LogP contribution in [0.3, 0.4) is 0 Å². The van der Waals surface area contributed by atoms with Gasteiger partial charge < -0.3 is 4.74 Å². The maximum absolute atomic E-state index is 11.4. The van der Waals surface area contributed by atoms with Crippen molar-refractivity contribution in [2.24, 2.45) is 7.05 Å². The molecular weight excluding hydrogens is 218 g/mol. The predicted molar refractivity (Wildman–Crippen MR) is 62.5 cm³/mol. The van der Waals surface area contributed by atoms with Gasteiger partial charge in [-0.25, -0.2) is 4.79 Å². The summed E-state index contributed by atoms with van der Waals surface area (Å²) in [6.45, 7) is 1.90. The van der Waals surface area contributed by atoms with E-state index in [0.717, 1.165) is 17.0 Å². The summed E-state index contributed by atoms with van der Waals surface area (Å²) < 4.78 is 6.39. The third-order valence-electron chi connectivity index (χ3n) is 2.47. The van der Waals surface area contributed by atoms with Gasteiger partial charge in [0, 0.05) is 25.0 Å². The Morgan fingerprint density at radius 1 is 1.47 bits per heavy atom. The van der Waals surface area contributed by atoms with E-state index in [4.69, 9.17) is 0 Å². The van der Waals surface area contributed by atoms with Crippen LogP contribution in [0.1, 0.15) is 16.1 Å². The molecule has 0 bridgehead atoms. The van der Waals surface area contributed by atoms with E-state index >= 15 is 0 Å². The van der Waals surface area contributed by atoms with E-state index in [9.17, 15) is 4.79 Å². The van der Waals surface area contributed by atoms with Crippen molar-refractivity contribution >= 4 is 5.97 Å². The van der Waals surface area contributed by atoms with Gasteiger partial charge in [0.05, 0.1) is 24.1 Å². The zero-order chi connectivity index (χ0) is 12.4. The largest absolute Gasteiger partial charge is 0.465 e. The third-order valence-corrected chi connectivity index (χ3v) is 2.47. The molecule has 0 N–H and O–H groups in total. The number of ether oxygens (including phenoxy) is 1. The summed E-state index contributed by atoms with van der Waals surface area (Å²) in [5.41, 5.74) is 3.00. The molecule has 2 heterocycles. The first-order valence-corrected chi connectivity index (χ1v) is 5.17. The zero-order valence-corrected chi connectivity index (χ0v) is 9.97. The van der Waals surface area contributed by atoms with E-state index in [1.165, 1.54) is 7.11 Å². The number of methoxy groups -OCH3 is 1. The lowest BCUT2D eigenvalue weighted by Gasteiger charge is -2.01. The summed E-state index contributed by atoms with van der Waals surface area (Å²) in [6.07, 6.45) is 3.47. The topological polar surface area (TPSA) is 57.0 Å². The molecule has 0 atom stereocenters. The van der Waals surface area contributed by atoms with Crippen LogP contribution in [0.25, 0.3) is 11.3 Å². The van der Waals surface area contributed by atoms with Crippen LogP contribution in [0, 0.1) is 6.92 Å². The molecule has 0 radical (unpaired) electrons. The first-order chi connectivity index (χ1) is 8.11. The number of esters is 1. The van der Waals surface area contributed by atoms with Crippen LogP contribution in [-0.4, -0.2) is 27.8 Å². The van der Waals surface area contributed by atoms with Gasteiger partial charge in [0.2, 0.25) is 0 Å². The van der Waals surface area contributed by atoms with Crippen molar-refractivity contribution in [3.05, 3.63) is 35.8 Å². The second-order valence-electron chi connectivity index (χ2n) is 3.72. The molecule has 0 aliphatic heterocycles. The van der Waals surface area contributed by atoms with Crippen molar-refractivity contribution in [2.75, 3.05) is 7.11 Å². The highest BCUT2D eigenvalue weighted by Crippen LogP contribution is 2.20. The molecular formula is C12H13N3O2. The molecule has 17 heavy (non-hydrogen) atoms. The summed E-state index contributed by atoms with van der Waals surface area (Å²) >= 11 is 0. The molecule has 2 rings (SSSR count). The molecule has 0 spiro atoms. The van der Waals surface area contributed by atoms with E-state index in [1.807, 2.05) is 20.2 Å². The Kier molecular flexibility index (Phi) is 2.91. The zero-order valence-electron chi connectivity index (χ0n) is 9.97. The molecule has 0 unspecified atom stereocenters. The number of nitrogens with zero attached hydrogens (tertiary/aromatic N) is 3. The number of rotatable bonds is 2. The minimum atomic E-state index is -0.366. The van der Waals surface area contributed by atoms with E-state index in [1.54, 1.807) is 23.0 Å². The number of carbonyl (C=O) groups is 1. The predicted octanol–water partition coefficient (Wildman–Crippen LogP) is 1.58. The van der Waals surface area contributed by atoms with Gasteiger partial charge in [-0.1, -0.05) is 0 Å². The van der Waals surface area contributed by atoms with Gasteiger partial charge in [-0.2, -0.15) is 5.10 Å². The van der Waals surface area contributed by atoms with Crippen LogP contribution in [0.15, 0.2) is 24.5 Å². The molecule has 2 aromatic heterocycles. The second kappa shape index (κ2) is 4.37. The summed E-state index contributed by atoms with van der Waals surface area (Å²) in [4.78, 5) is 15.7. The van der Waals surface area contributed by atoms with Crippen LogP contribution in [0.5, 0.6) is 0 Å². The first-order valence-electron chi connectivity index (χ1n) is 5.17. The Morgan fingerprint density at radius 2 is 2.24 bits per heavy atom. The van der Waals surface area contributed by atoms with Gasteiger partial charge in [-0.05, 0) is 19.1 Å². The fourth-order valence-corrected chi connectivity index (χ4v) is 1.67. The molecule has 0 aliphatic rings. The highest BCUT2D eigenvalue weighted by molar-refractivity contribution is 5.90. The maximum Gasteiger partial charge on any atom is 0.337 e. The van der Waals surface area contributed by atoms with Crippen molar-refractivity contribution in [1.82, 2.24) is 14.8 Å². The Morgan fingerprint density at radius 3 is 2.82 bits per heavy atom. The van der Waals surface area contributed by atoms with Crippen LogP contribution in [0.4, 0.5) is 0 Å². The van der Waals surface area contributed by atoms with Gasteiger partial charge >= 0.3 is 5.97 Å². The summed E-state index contributed by atoms with van der Waals surface area (Å²) in [5.74, 6) is -0.366. The Bertz CT molecular complexity index is 561. The number of aryl methyl sites for hydroxylation is 2. The number of pyridine rings is 1. The molecule has 0 fully saturated rings. The van der Waals surface area contributed by atoms with E-state index in [2.05, 4.69) is 14.8 Å². The fraction of sp³-hybridized carbons (Fsp3) is 0.250. The number of carbonyl (C=O) groups excluding carboxylic acids is 1. The van der Waals surface area contributed by atoms with Crippen LogP contribution < -0.4 is 0 Å². The van der Waals surface area contributed by atoms with Crippen LogP contribution in [-0.2, 0) is 11.8 Å². The molecule has 0 aromatic carbocycles. The van der Waals surface area contributed by atoms with Crippen molar-refractivity contribution < 1.29 is 9.53 Å². The summed E-state index contributed by atoms with van der Waals surface area (Å²) in [5, 5.41) is 4.24. The number of hydrogen-bond donors (Lipinski definition) is 0. The maximum atomic E-state index is 11.4. The van der Waals surface area contributed by atoms with Crippen molar-refractivity contribution in [3.8, 4) is 11.3 Å². The average molecular weight is 231 g/mol. The molecule has 88 valence electrons. The van der Waals surface area contributed by atoms with E-state index < -0.39 is 0 Å². The van der Waals surface area contributed by atoms with Crippen molar-refractivity contribution in [3.63, 3.8) is 0 Å². The highest BCUT2D eigenvalue weighted by atomic mass is 16.5. The molecule has 0 saturated heterocycles. The molecule has 5 nitrogen and oxygen atoms in total. The normalized spacial score (nSPS) is 10.3. The fourth-order valence-electron chi connectivity index (χ4n) is 1.67. The minimum Gasteiger partial charge on any atom is -0.465 e. The lowest BCUT2D eigenvalue weighted by molar-refractivity contribution is 0.0600. The van der Waals surface area contributed by atoms with Gasteiger partial charge in [0.25, 0.3) is 0 Å². The van der Waals surface area contributed by atoms with Crippen molar-refractivity contribution in [2.45, 2.75) is 6.92 Å². The van der Waals surface area contributed by atoms with Crippen LogP contribution in [0.2, 0.25) is 0 Å². The van der Waals surface area contributed by atoms with Gasteiger partial charge in [0.1, 0.15) is 0 Å². The molecule has 0 amide bonds. The van der Waals surface area contributed by atoms with Gasteiger partial charge in [-0.3, -0.25) is 9.67 Å². The van der Waals surface area contributed by atoms with E-state index in [-0.39, 0.29) is 5.97 Å².